The number of rotatable bonds is 7. The van der Waals surface area contributed by atoms with Crippen LogP contribution in [0.2, 0.25) is 0 Å². The molecule has 5 nitrogen and oxygen atoms in total. The van der Waals surface area contributed by atoms with E-state index in [1.54, 1.807) is 18.2 Å². The van der Waals surface area contributed by atoms with E-state index in [0.29, 0.717) is 18.4 Å². The maximum atomic E-state index is 13.9. The Balaban J connectivity index is 2.12. The lowest BCUT2D eigenvalue weighted by Gasteiger charge is -2.20. The minimum atomic E-state index is -1.12. The van der Waals surface area contributed by atoms with Crippen molar-refractivity contribution in [2.45, 2.75) is 30.7 Å². The van der Waals surface area contributed by atoms with Crippen LogP contribution < -0.4 is 5.32 Å². The number of carboxylic acid groups (broad SMARTS) is 1. The van der Waals surface area contributed by atoms with Gasteiger partial charge in [0.2, 0.25) is 5.91 Å². The molecule has 1 atom stereocenters. The molecule has 0 heterocycles. The summed E-state index contributed by atoms with van der Waals surface area (Å²) in [4.78, 5) is 23.5. The van der Waals surface area contributed by atoms with E-state index in [-0.39, 0.29) is 13.0 Å². The van der Waals surface area contributed by atoms with Gasteiger partial charge in [-0.3, -0.25) is 4.79 Å². The van der Waals surface area contributed by atoms with E-state index in [2.05, 4.69) is 5.32 Å². The highest BCUT2D eigenvalue weighted by atomic mass is 19.1. The van der Waals surface area contributed by atoms with Crippen LogP contribution in [0.5, 0.6) is 0 Å². The van der Waals surface area contributed by atoms with E-state index in [4.69, 9.17) is 9.84 Å². The Morgan fingerprint density at radius 2 is 2.10 bits per heavy atom. The topological polar surface area (TPSA) is 75.6 Å². The molecule has 1 unspecified atom stereocenters. The molecular formula is C15H18FNO4. The van der Waals surface area contributed by atoms with Crippen molar-refractivity contribution >= 4 is 11.9 Å². The Morgan fingerprint density at radius 3 is 2.62 bits per heavy atom. The summed E-state index contributed by atoms with van der Waals surface area (Å²) in [5.74, 6) is -1.99. The molecule has 1 fully saturated rings. The van der Waals surface area contributed by atoms with Crippen molar-refractivity contribution in [3.05, 3.63) is 35.6 Å². The molecule has 0 aromatic heterocycles. The normalized spacial score (nSPS) is 17.0. The summed E-state index contributed by atoms with van der Waals surface area (Å²) in [6.07, 6.45) is 1.22. The third kappa shape index (κ3) is 3.21. The first-order valence-electron chi connectivity index (χ1n) is 6.79. The molecule has 2 rings (SSSR count). The highest BCUT2D eigenvalue weighted by Crippen LogP contribution is 2.49. The van der Waals surface area contributed by atoms with Gasteiger partial charge in [0.25, 0.3) is 0 Å². The fraction of sp³-hybridized carbons (Fsp3) is 0.467. The predicted octanol–water partition coefficient (Wildman–Crippen LogP) is 1.46. The number of halogens is 1. The van der Waals surface area contributed by atoms with Crippen molar-refractivity contribution in [1.29, 1.82) is 0 Å². The highest BCUT2D eigenvalue weighted by molar-refractivity contribution is 5.94. The van der Waals surface area contributed by atoms with Crippen LogP contribution in [0, 0.1) is 5.82 Å². The van der Waals surface area contributed by atoms with Gasteiger partial charge in [0, 0.05) is 25.7 Å². The van der Waals surface area contributed by atoms with E-state index < -0.39 is 29.2 Å². The number of carbonyl (C=O) groups is 2. The third-order valence-corrected chi connectivity index (χ3v) is 3.79. The van der Waals surface area contributed by atoms with Gasteiger partial charge in [0.1, 0.15) is 11.9 Å². The molecule has 1 aromatic rings. The largest absolute Gasteiger partial charge is 0.480 e. The Labute approximate surface area is 122 Å². The zero-order chi connectivity index (χ0) is 15.5. The first-order valence-corrected chi connectivity index (χ1v) is 6.79. The molecule has 0 bridgehead atoms. The van der Waals surface area contributed by atoms with Crippen molar-refractivity contribution < 1.29 is 23.8 Å². The van der Waals surface area contributed by atoms with E-state index in [1.165, 1.54) is 13.2 Å². The number of hydrogen-bond acceptors (Lipinski definition) is 3. The molecule has 1 saturated carbocycles. The zero-order valence-corrected chi connectivity index (χ0v) is 11.8. The summed E-state index contributed by atoms with van der Waals surface area (Å²) in [5.41, 5.74) is -0.593. The fourth-order valence-corrected chi connectivity index (χ4v) is 2.38. The molecule has 114 valence electrons. The fourth-order valence-electron chi connectivity index (χ4n) is 2.38. The molecule has 0 spiro atoms. The van der Waals surface area contributed by atoms with Crippen LogP contribution in [-0.4, -0.2) is 36.7 Å². The summed E-state index contributed by atoms with van der Waals surface area (Å²) in [6, 6.07) is 5.09. The summed E-state index contributed by atoms with van der Waals surface area (Å²) in [6.45, 7) is 0.226. The SMILES string of the molecule is COCCC(NC(=O)C1(c2ccccc2F)CC1)C(=O)O. The smallest absolute Gasteiger partial charge is 0.326 e. The summed E-state index contributed by atoms with van der Waals surface area (Å²) in [5, 5.41) is 11.6. The Hall–Kier alpha value is -1.95. The third-order valence-electron chi connectivity index (χ3n) is 3.79. The van der Waals surface area contributed by atoms with Gasteiger partial charge in [-0.1, -0.05) is 18.2 Å². The standard InChI is InChI=1S/C15H18FNO4/c1-21-9-6-12(13(18)19)17-14(20)15(7-8-15)10-4-2-3-5-11(10)16/h2-5,12H,6-9H2,1H3,(H,17,20)(H,18,19). The van der Waals surface area contributed by atoms with Gasteiger partial charge in [-0.05, 0) is 18.9 Å². The first-order chi connectivity index (χ1) is 10.0. The molecule has 2 N–H and O–H groups in total. The number of methoxy groups -OCH3 is 1. The number of carboxylic acids is 1. The molecule has 6 heteroatoms. The Bertz CT molecular complexity index is 542. The van der Waals surface area contributed by atoms with E-state index in [0.717, 1.165) is 0 Å². The van der Waals surface area contributed by atoms with Gasteiger partial charge < -0.3 is 15.2 Å². The number of aliphatic carboxylic acids is 1. The van der Waals surface area contributed by atoms with Crippen molar-refractivity contribution in [2.24, 2.45) is 0 Å². The molecule has 1 aliphatic carbocycles. The van der Waals surface area contributed by atoms with Gasteiger partial charge in [0.15, 0.2) is 0 Å². The summed E-state index contributed by atoms with van der Waals surface area (Å²) >= 11 is 0. The van der Waals surface area contributed by atoms with Gasteiger partial charge in [-0.25, -0.2) is 9.18 Å². The molecular weight excluding hydrogens is 277 g/mol. The van der Waals surface area contributed by atoms with Crippen LogP contribution in [0.4, 0.5) is 4.39 Å². The quantitative estimate of drug-likeness (QED) is 0.798. The molecule has 1 amide bonds. The van der Waals surface area contributed by atoms with Crippen molar-refractivity contribution in [3.63, 3.8) is 0 Å². The average molecular weight is 295 g/mol. The molecule has 0 saturated heterocycles. The van der Waals surface area contributed by atoms with Crippen LogP contribution in [0.25, 0.3) is 0 Å². The summed E-state index contributed by atoms with van der Waals surface area (Å²) in [7, 11) is 1.46. The van der Waals surface area contributed by atoms with E-state index >= 15 is 0 Å². The second-order valence-electron chi connectivity index (χ2n) is 5.21. The number of ether oxygens (including phenoxy) is 1. The predicted molar refractivity (Wildman–Crippen MR) is 73.4 cm³/mol. The van der Waals surface area contributed by atoms with Crippen molar-refractivity contribution in [1.82, 2.24) is 5.32 Å². The average Bonchev–Trinajstić information content (AvgIpc) is 3.25. The zero-order valence-electron chi connectivity index (χ0n) is 11.8. The highest BCUT2D eigenvalue weighted by Gasteiger charge is 2.53. The molecule has 0 radical (unpaired) electrons. The van der Waals surface area contributed by atoms with Crippen molar-refractivity contribution in [2.75, 3.05) is 13.7 Å². The maximum Gasteiger partial charge on any atom is 0.326 e. The van der Waals surface area contributed by atoms with E-state index in [9.17, 15) is 14.0 Å². The van der Waals surface area contributed by atoms with Gasteiger partial charge in [0.05, 0.1) is 5.41 Å². The van der Waals surface area contributed by atoms with Gasteiger partial charge in [-0.15, -0.1) is 0 Å². The first kappa shape index (κ1) is 15.4. The van der Waals surface area contributed by atoms with Crippen LogP contribution >= 0.6 is 0 Å². The van der Waals surface area contributed by atoms with Crippen LogP contribution in [0.15, 0.2) is 24.3 Å². The monoisotopic (exact) mass is 295 g/mol. The second-order valence-corrected chi connectivity index (χ2v) is 5.21. The number of benzene rings is 1. The minimum absolute atomic E-state index is 0.172. The minimum Gasteiger partial charge on any atom is -0.480 e. The lowest BCUT2D eigenvalue weighted by atomic mass is 9.94. The molecule has 0 aliphatic heterocycles. The maximum absolute atomic E-state index is 13.9. The number of nitrogens with one attached hydrogen (secondary N) is 1. The van der Waals surface area contributed by atoms with E-state index in [1.807, 2.05) is 0 Å². The molecule has 1 aromatic carbocycles. The second kappa shape index (κ2) is 6.22. The van der Waals surface area contributed by atoms with Gasteiger partial charge in [-0.2, -0.15) is 0 Å². The number of carbonyl (C=O) groups excluding carboxylic acids is 1. The van der Waals surface area contributed by atoms with Crippen LogP contribution in [0.3, 0.4) is 0 Å². The number of hydrogen-bond donors (Lipinski definition) is 2. The van der Waals surface area contributed by atoms with Crippen molar-refractivity contribution in [3.8, 4) is 0 Å². The Morgan fingerprint density at radius 1 is 1.43 bits per heavy atom. The number of amides is 1. The summed E-state index contributed by atoms with van der Waals surface area (Å²) < 4.78 is 18.7. The lowest BCUT2D eigenvalue weighted by Crippen LogP contribution is -2.46. The lowest BCUT2D eigenvalue weighted by molar-refractivity contribution is -0.142. The van der Waals surface area contributed by atoms with Crippen LogP contribution in [0.1, 0.15) is 24.8 Å². The molecule has 1 aliphatic rings. The van der Waals surface area contributed by atoms with Gasteiger partial charge >= 0.3 is 5.97 Å². The molecule has 21 heavy (non-hydrogen) atoms. The Kier molecular flexibility index (Phi) is 4.57. The van der Waals surface area contributed by atoms with Crippen LogP contribution in [-0.2, 0) is 19.7 Å².